The van der Waals surface area contributed by atoms with Crippen LogP contribution in [0.25, 0.3) is 10.9 Å². The Kier molecular flexibility index (Phi) is 7.39. The Morgan fingerprint density at radius 2 is 1.96 bits per heavy atom. The summed E-state index contributed by atoms with van der Waals surface area (Å²) in [5.41, 5.74) is 0.635. The molecule has 5 heteroatoms. The lowest BCUT2D eigenvalue weighted by molar-refractivity contribution is -0.136. The predicted octanol–water partition coefficient (Wildman–Crippen LogP) is 4.95. The number of aromatic nitrogens is 1. The fourth-order valence-electron chi connectivity index (χ4n) is 2.78. The highest BCUT2D eigenvalue weighted by Crippen LogP contribution is 2.31. The third-order valence-corrected chi connectivity index (χ3v) is 4.67. The van der Waals surface area contributed by atoms with Gasteiger partial charge < -0.3 is 14.8 Å². The number of nitrogens with zero attached hydrogens (tertiary/aromatic N) is 1. The zero-order valence-corrected chi connectivity index (χ0v) is 16.3. The number of nitrogens with one attached hydrogen (secondary N) is 1. The molecule has 1 aromatic carbocycles. The van der Waals surface area contributed by atoms with E-state index in [9.17, 15) is 4.79 Å². The summed E-state index contributed by atoms with van der Waals surface area (Å²) in [6.45, 7) is 6.72. The van der Waals surface area contributed by atoms with Crippen molar-refractivity contribution in [3.8, 4) is 5.75 Å². The van der Waals surface area contributed by atoms with E-state index < -0.39 is 5.60 Å². The lowest BCUT2D eigenvalue weighted by Crippen LogP contribution is -2.42. The molecule has 2 aromatic rings. The number of anilines is 1. The third kappa shape index (κ3) is 4.73. The molecule has 0 aliphatic carbocycles. The van der Waals surface area contributed by atoms with Gasteiger partial charge in [-0.15, -0.1) is 0 Å². The maximum Gasteiger partial charge on any atom is 0.256 e. The number of fused-ring (bicyclic) bond motifs is 1. The summed E-state index contributed by atoms with van der Waals surface area (Å²) in [5.74, 6) is 0.603. The van der Waals surface area contributed by atoms with Crippen LogP contribution in [0, 0.1) is 0 Å². The molecule has 0 aliphatic rings. The molecule has 0 radical (unpaired) electrons. The van der Waals surface area contributed by atoms with Crippen molar-refractivity contribution in [3.05, 3.63) is 30.5 Å². The summed E-state index contributed by atoms with van der Waals surface area (Å²) in [5, 5.41) is 3.88. The smallest absolute Gasteiger partial charge is 0.256 e. The van der Waals surface area contributed by atoms with Gasteiger partial charge in [-0.1, -0.05) is 33.1 Å². The van der Waals surface area contributed by atoms with Gasteiger partial charge in [0.25, 0.3) is 5.91 Å². The molecule has 0 fully saturated rings. The maximum atomic E-state index is 12.8. The molecule has 0 aliphatic heterocycles. The Balaban J connectivity index is 2.27. The highest BCUT2D eigenvalue weighted by atomic mass is 16.5. The van der Waals surface area contributed by atoms with Gasteiger partial charge in [-0.05, 0) is 44.0 Å². The molecule has 1 amide bonds. The molecular formula is C21H30N2O3. The molecule has 1 unspecified atom stereocenters. The number of carbonyl (C=O) groups is 1. The Bertz CT molecular complexity index is 732. The van der Waals surface area contributed by atoms with E-state index in [4.69, 9.17) is 9.47 Å². The molecule has 0 saturated heterocycles. The van der Waals surface area contributed by atoms with E-state index in [0.29, 0.717) is 13.0 Å². The first-order valence-corrected chi connectivity index (χ1v) is 9.42. The fraction of sp³-hybridized carbons (Fsp3) is 0.524. The number of pyridine rings is 1. The number of hydrogen-bond acceptors (Lipinski definition) is 4. The Morgan fingerprint density at radius 1 is 1.19 bits per heavy atom. The molecule has 1 N–H and O–H groups in total. The maximum absolute atomic E-state index is 12.8. The standard InChI is InChI=1S/C21H30N2O3/c1-5-7-13-21(3,25-4)20(24)23-17-11-12-18(26-15-8-6-2)19-16(17)10-9-14-22-19/h9-12,14H,5-8,13,15H2,1-4H3,(H,23,24). The highest BCUT2D eigenvalue weighted by molar-refractivity contribution is 6.05. The van der Waals surface area contributed by atoms with Crippen LogP contribution in [-0.2, 0) is 9.53 Å². The number of ether oxygens (including phenoxy) is 2. The van der Waals surface area contributed by atoms with Gasteiger partial charge in [0.1, 0.15) is 16.9 Å². The van der Waals surface area contributed by atoms with Crippen molar-refractivity contribution in [1.82, 2.24) is 4.98 Å². The van der Waals surface area contributed by atoms with Crippen LogP contribution in [0.2, 0.25) is 0 Å². The first-order chi connectivity index (χ1) is 12.6. The van der Waals surface area contributed by atoms with Gasteiger partial charge in [-0.2, -0.15) is 0 Å². The van der Waals surface area contributed by atoms with E-state index in [0.717, 1.165) is 48.0 Å². The van der Waals surface area contributed by atoms with Crippen LogP contribution in [0.5, 0.6) is 5.75 Å². The molecule has 0 saturated carbocycles. The van der Waals surface area contributed by atoms with Crippen LogP contribution in [0.4, 0.5) is 5.69 Å². The normalized spacial score (nSPS) is 13.4. The molecule has 1 heterocycles. The minimum atomic E-state index is -0.846. The molecule has 0 bridgehead atoms. The van der Waals surface area contributed by atoms with E-state index in [1.165, 1.54) is 0 Å². The monoisotopic (exact) mass is 358 g/mol. The number of unbranched alkanes of at least 4 members (excludes halogenated alkanes) is 2. The summed E-state index contributed by atoms with van der Waals surface area (Å²) >= 11 is 0. The van der Waals surface area contributed by atoms with Crippen molar-refractivity contribution in [3.63, 3.8) is 0 Å². The average molecular weight is 358 g/mol. The molecule has 2 rings (SSSR count). The molecule has 1 atom stereocenters. The van der Waals surface area contributed by atoms with Gasteiger partial charge in [-0.3, -0.25) is 9.78 Å². The molecular weight excluding hydrogens is 328 g/mol. The first kappa shape index (κ1) is 20.2. The number of methoxy groups -OCH3 is 1. The van der Waals surface area contributed by atoms with Crippen LogP contribution >= 0.6 is 0 Å². The second kappa shape index (κ2) is 9.53. The van der Waals surface area contributed by atoms with Gasteiger partial charge in [0, 0.05) is 18.7 Å². The first-order valence-electron chi connectivity index (χ1n) is 9.42. The SMILES string of the molecule is CCCCOc1ccc(NC(=O)C(C)(CCCC)OC)c2cccnc12. The third-order valence-electron chi connectivity index (χ3n) is 4.67. The Morgan fingerprint density at radius 3 is 2.65 bits per heavy atom. The second-order valence-corrected chi connectivity index (χ2v) is 6.71. The number of rotatable bonds is 10. The van der Waals surface area contributed by atoms with E-state index in [1.807, 2.05) is 31.2 Å². The zero-order chi connectivity index (χ0) is 19.0. The lowest BCUT2D eigenvalue weighted by atomic mass is 9.97. The summed E-state index contributed by atoms with van der Waals surface area (Å²) < 4.78 is 11.4. The van der Waals surface area contributed by atoms with Gasteiger partial charge >= 0.3 is 0 Å². The van der Waals surface area contributed by atoms with Gasteiger partial charge in [0.2, 0.25) is 0 Å². The topological polar surface area (TPSA) is 60.5 Å². The summed E-state index contributed by atoms with van der Waals surface area (Å²) in [6.07, 6.45) is 6.44. The van der Waals surface area contributed by atoms with E-state index in [1.54, 1.807) is 13.3 Å². The van der Waals surface area contributed by atoms with Crippen molar-refractivity contribution in [1.29, 1.82) is 0 Å². The quantitative estimate of drug-likeness (QED) is 0.611. The number of carbonyl (C=O) groups excluding carboxylic acids is 1. The average Bonchev–Trinajstić information content (AvgIpc) is 2.67. The zero-order valence-electron chi connectivity index (χ0n) is 16.3. The molecule has 1 aromatic heterocycles. The van der Waals surface area contributed by atoms with Crippen molar-refractivity contribution in [2.24, 2.45) is 0 Å². The lowest BCUT2D eigenvalue weighted by Gasteiger charge is -2.27. The van der Waals surface area contributed by atoms with Crippen LogP contribution in [-0.4, -0.2) is 30.2 Å². The summed E-state index contributed by atoms with van der Waals surface area (Å²) in [4.78, 5) is 17.3. The van der Waals surface area contributed by atoms with Crippen LogP contribution in [0.15, 0.2) is 30.5 Å². The largest absolute Gasteiger partial charge is 0.491 e. The molecule has 5 nitrogen and oxygen atoms in total. The van der Waals surface area contributed by atoms with Crippen molar-refractivity contribution in [2.75, 3.05) is 19.0 Å². The van der Waals surface area contributed by atoms with Crippen LogP contribution in [0.3, 0.4) is 0 Å². The van der Waals surface area contributed by atoms with Crippen molar-refractivity contribution in [2.45, 2.75) is 58.5 Å². The number of benzene rings is 1. The van der Waals surface area contributed by atoms with E-state index >= 15 is 0 Å². The van der Waals surface area contributed by atoms with Crippen LogP contribution < -0.4 is 10.1 Å². The Labute approximate surface area is 156 Å². The Hall–Kier alpha value is -2.14. The summed E-state index contributed by atoms with van der Waals surface area (Å²) in [6, 6.07) is 7.55. The number of amides is 1. The highest BCUT2D eigenvalue weighted by Gasteiger charge is 2.32. The van der Waals surface area contributed by atoms with Crippen molar-refractivity contribution < 1.29 is 14.3 Å². The van der Waals surface area contributed by atoms with E-state index in [-0.39, 0.29) is 5.91 Å². The van der Waals surface area contributed by atoms with Gasteiger partial charge in [0.15, 0.2) is 0 Å². The van der Waals surface area contributed by atoms with E-state index in [2.05, 4.69) is 24.1 Å². The second-order valence-electron chi connectivity index (χ2n) is 6.71. The minimum Gasteiger partial charge on any atom is -0.491 e. The predicted molar refractivity (Wildman–Crippen MR) is 106 cm³/mol. The fourth-order valence-corrected chi connectivity index (χ4v) is 2.78. The van der Waals surface area contributed by atoms with Gasteiger partial charge in [-0.25, -0.2) is 0 Å². The van der Waals surface area contributed by atoms with Crippen LogP contribution in [0.1, 0.15) is 52.9 Å². The minimum absolute atomic E-state index is 0.141. The van der Waals surface area contributed by atoms with Crippen molar-refractivity contribution >= 4 is 22.5 Å². The molecule has 142 valence electrons. The summed E-state index contributed by atoms with van der Waals surface area (Å²) in [7, 11) is 1.58. The van der Waals surface area contributed by atoms with Gasteiger partial charge in [0.05, 0.1) is 12.3 Å². The molecule has 26 heavy (non-hydrogen) atoms. The molecule has 0 spiro atoms. The number of hydrogen-bond donors (Lipinski definition) is 1.